The zero-order chi connectivity index (χ0) is 10.9. The summed E-state index contributed by atoms with van der Waals surface area (Å²) in [5.74, 6) is 0.468. The van der Waals surface area contributed by atoms with Crippen LogP contribution in [0.4, 0.5) is 0 Å². The lowest BCUT2D eigenvalue weighted by atomic mass is 9.95. The maximum Gasteiger partial charge on any atom is 0.306 e. The summed E-state index contributed by atoms with van der Waals surface area (Å²) >= 11 is 1.37. The third kappa shape index (κ3) is 2.01. The largest absolute Gasteiger partial charge is 0.713 e. The SMILES string of the molecule is CSN1C=NC(C(C)(C)C)=[N+]([O-])C1N. The molecule has 1 aliphatic rings. The van der Waals surface area contributed by atoms with Crippen molar-refractivity contribution in [1.29, 1.82) is 0 Å². The van der Waals surface area contributed by atoms with Crippen molar-refractivity contribution in [3.8, 4) is 0 Å². The van der Waals surface area contributed by atoms with Gasteiger partial charge in [0.25, 0.3) is 0 Å². The highest BCUT2D eigenvalue weighted by molar-refractivity contribution is 7.96. The predicted octanol–water partition coefficient (Wildman–Crippen LogP) is 0.805. The number of hydroxylamine groups is 1. The van der Waals surface area contributed by atoms with Gasteiger partial charge in [-0.25, -0.2) is 9.04 Å². The van der Waals surface area contributed by atoms with Crippen molar-refractivity contribution in [2.24, 2.45) is 16.1 Å². The average Bonchev–Trinajstić information content (AvgIpc) is 2.07. The van der Waals surface area contributed by atoms with E-state index < -0.39 is 6.29 Å². The molecule has 1 rings (SSSR count). The van der Waals surface area contributed by atoms with Crippen molar-refractivity contribution >= 4 is 24.1 Å². The number of aliphatic imine (C=N–C) groups is 1. The van der Waals surface area contributed by atoms with E-state index in [0.29, 0.717) is 5.84 Å². The van der Waals surface area contributed by atoms with E-state index >= 15 is 0 Å². The Hall–Kier alpha value is -0.750. The molecule has 1 aliphatic heterocycles. The van der Waals surface area contributed by atoms with Gasteiger partial charge in [0.1, 0.15) is 0 Å². The summed E-state index contributed by atoms with van der Waals surface area (Å²) < 4.78 is 2.37. The lowest BCUT2D eigenvalue weighted by Gasteiger charge is -2.31. The molecule has 1 unspecified atom stereocenters. The molecular weight excluding hydrogens is 200 g/mol. The molecule has 0 amide bonds. The molecule has 0 saturated carbocycles. The number of nitrogens with two attached hydrogens (primary N) is 1. The Morgan fingerprint density at radius 1 is 1.64 bits per heavy atom. The van der Waals surface area contributed by atoms with Crippen LogP contribution < -0.4 is 5.73 Å². The molecule has 0 saturated heterocycles. The fourth-order valence-electron chi connectivity index (χ4n) is 1.14. The smallest absolute Gasteiger partial charge is 0.306 e. The van der Waals surface area contributed by atoms with Crippen LogP contribution in [0.25, 0.3) is 0 Å². The molecule has 80 valence electrons. The van der Waals surface area contributed by atoms with Crippen LogP contribution in [0.3, 0.4) is 0 Å². The van der Waals surface area contributed by atoms with Gasteiger partial charge in [0.2, 0.25) is 12.6 Å². The molecule has 2 N–H and O–H groups in total. The first kappa shape index (κ1) is 11.3. The highest BCUT2D eigenvalue weighted by Gasteiger charge is 2.33. The highest BCUT2D eigenvalue weighted by atomic mass is 32.2. The molecule has 0 aromatic carbocycles. The fraction of sp³-hybridized carbons (Fsp3) is 0.750. The van der Waals surface area contributed by atoms with Crippen LogP contribution in [0.5, 0.6) is 0 Å². The van der Waals surface area contributed by atoms with Crippen molar-refractivity contribution in [3.63, 3.8) is 0 Å². The van der Waals surface area contributed by atoms with Crippen LogP contribution >= 0.6 is 11.9 Å². The predicted molar refractivity (Wildman–Crippen MR) is 59.9 cm³/mol. The molecule has 0 spiro atoms. The van der Waals surface area contributed by atoms with Crippen LogP contribution in [0.1, 0.15) is 20.8 Å². The summed E-state index contributed by atoms with van der Waals surface area (Å²) in [6, 6.07) is 0. The van der Waals surface area contributed by atoms with Crippen LogP contribution in [0.2, 0.25) is 0 Å². The standard InChI is InChI=1S/C8H16N4OS/c1-8(2,3)6-10-5-11(14-4)7(9)12(6)13/h5,7H,9H2,1-4H3. The maximum atomic E-state index is 11.7. The van der Waals surface area contributed by atoms with Crippen molar-refractivity contribution in [2.45, 2.75) is 27.1 Å². The number of hydrogen-bond donors (Lipinski definition) is 1. The molecular formula is C8H16N4OS. The van der Waals surface area contributed by atoms with Gasteiger partial charge in [-0.15, -0.1) is 0 Å². The Morgan fingerprint density at radius 3 is 2.64 bits per heavy atom. The molecule has 5 nitrogen and oxygen atoms in total. The van der Waals surface area contributed by atoms with Gasteiger partial charge in [-0.3, -0.25) is 5.73 Å². The van der Waals surface area contributed by atoms with Crippen molar-refractivity contribution < 1.29 is 4.74 Å². The second-order valence-corrected chi connectivity index (χ2v) is 4.89. The zero-order valence-electron chi connectivity index (χ0n) is 8.89. The van der Waals surface area contributed by atoms with Crippen LogP contribution in [0.15, 0.2) is 4.99 Å². The summed E-state index contributed by atoms with van der Waals surface area (Å²) in [4.78, 5) is 4.11. The monoisotopic (exact) mass is 216 g/mol. The first-order valence-electron chi connectivity index (χ1n) is 4.34. The lowest BCUT2D eigenvalue weighted by Crippen LogP contribution is -2.50. The van der Waals surface area contributed by atoms with Crippen molar-refractivity contribution in [2.75, 3.05) is 6.26 Å². The molecule has 0 radical (unpaired) electrons. The van der Waals surface area contributed by atoms with Gasteiger partial charge in [-0.2, -0.15) is 0 Å². The van der Waals surface area contributed by atoms with E-state index in [1.807, 2.05) is 27.0 Å². The lowest BCUT2D eigenvalue weighted by molar-refractivity contribution is -0.522. The van der Waals surface area contributed by atoms with Crippen molar-refractivity contribution in [1.82, 2.24) is 4.31 Å². The summed E-state index contributed by atoms with van der Waals surface area (Å²) in [6.07, 6.45) is 2.77. The van der Waals surface area contributed by atoms with E-state index in [1.165, 1.54) is 11.9 Å². The van der Waals surface area contributed by atoms with Gasteiger partial charge in [0, 0.05) is 6.26 Å². The summed E-state index contributed by atoms with van der Waals surface area (Å²) in [5, 5.41) is 11.7. The van der Waals surface area contributed by atoms with E-state index in [-0.39, 0.29) is 5.41 Å². The zero-order valence-corrected chi connectivity index (χ0v) is 9.71. The minimum atomic E-state index is -0.684. The number of amidine groups is 1. The first-order chi connectivity index (χ1) is 6.38. The Kier molecular flexibility index (Phi) is 3.06. The second kappa shape index (κ2) is 3.78. The van der Waals surface area contributed by atoms with E-state index in [9.17, 15) is 5.21 Å². The Balaban J connectivity index is 3.01. The average molecular weight is 216 g/mol. The number of rotatable bonds is 1. The second-order valence-electron chi connectivity index (χ2n) is 4.10. The maximum absolute atomic E-state index is 11.7. The van der Waals surface area contributed by atoms with Crippen LogP contribution in [0, 0.1) is 10.6 Å². The topological polar surface area (TPSA) is 67.7 Å². The van der Waals surface area contributed by atoms with Gasteiger partial charge in [-0.1, -0.05) is 0 Å². The molecule has 1 atom stereocenters. The van der Waals surface area contributed by atoms with Gasteiger partial charge in [0.15, 0.2) is 0 Å². The number of hydrogen-bond acceptors (Lipinski definition) is 5. The van der Waals surface area contributed by atoms with E-state index in [0.717, 1.165) is 4.74 Å². The highest BCUT2D eigenvalue weighted by Crippen LogP contribution is 2.20. The van der Waals surface area contributed by atoms with Gasteiger partial charge < -0.3 is 5.21 Å². The Labute approximate surface area is 88.4 Å². The van der Waals surface area contributed by atoms with E-state index in [1.54, 1.807) is 10.6 Å². The summed E-state index contributed by atoms with van der Waals surface area (Å²) in [5.41, 5.74) is 5.45. The number of nitrogens with zero attached hydrogens (tertiary/aromatic N) is 3. The molecule has 0 fully saturated rings. The third-order valence-corrected chi connectivity index (χ3v) is 2.62. The van der Waals surface area contributed by atoms with Crippen molar-refractivity contribution in [3.05, 3.63) is 5.21 Å². The van der Waals surface area contributed by atoms with E-state index in [2.05, 4.69) is 4.99 Å². The van der Waals surface area contributed by atoms with Gasteiger partial charge in [-0.05, 0) is 37.7 Å². The third-order valence-electron chi connectivity index (χ3n) is 1.89. The molecule has 0 aromatic heterocycles. The quantitative estimate of drug-likeness (QED) is 0.400. The molecule has 0 aliphatic carbocycles. The molecule has 14 heavy (non-hydrogen) atoms. The summed E-state index contributed by atoms with van der Waals surface area (Å²) in [6.45, 7) is 5.81. The minimum Gasteiger partial charge on any atom is -0.713 e. The minimum absolute atomic E-state index is 0.277. The van der Waals surface area contributed by atoms with Crippen LogP contribution in [-0.4, -0.2) is 33.8 Å². The van der Waals surface area contributed by atoms with E-state index in [4.69, 9.17) is 5.73 Å². The summed E-state index contributed by atoms with van der Waals surface area (Å²) in [7, 11) is 0. The molecule has 6 heteroatoms. The van der Waals surface area contributed by atoms with Gasteiger partial charge >= 0.3 is 5.84 Å². The Bertz CT molecular complexity index is 282. The normalized spacial score (nSPS) is 23.2. The fourth-order valence-corrected chi connectivity index (χ4v) is 1.59. The van der Waals surface area contributed by atoms with Gasteiger partial charge in [0.05, 0.1) is 5.41 Å². The molecule has 0 aromatic rings. The molecule has 0 bridgehead atoms. The molecule has 1 heterocycles. The first-order valence-corrected chi connectivity index (χ1v) is 5.52. The Morgan fingerprint density at radius 2 is 2.21 bits per heavy atom. The van der Waals surface area contributed by atoms with Crippen LogP contribution in [-0.2, 0) is 0 Å².